The zero-order chi connectivity index (χ0) is 18.0. The molecule has 1 atom stereocenters. The number of carbonyl (C=O) groups is 2. The molecular weight excluding hydrogens is 366 g/mol. The fraction of sp³-hybridized carbons (Fsp3) is 0.222. The van der Waals surface area contributed by atoms with Crippen LogP contribution in [0.3, 0.4) is 0 Å². The zero-order valence-corrected chi connectivity index (χ0v) is 14.6. The molecule has 130 valence electrons. The van der Waals surface area contributed by atoms with Crippen LogP contribution >= 0.6 is 23.2 Å². The molecule has 1 saturated heterocycles. The van der Waals surface area contributed by atoms with E-state index >= 15 is 0 Å². The molecule has 25 heavy (non-hydrogen) atoms. The topological polar surface area (TPSA) is 49.4 Å². The van der Waals surface area contributed by atoms with Crippen LogP contribution in [0.1, 0.15) is 12.0 Å². The smallest absolute Gasteiger partial charge is 0.227 e. The van der Waals surface area contributed by atoms with Gasteiger partial charge < -0.3 is 10.2 Å². The Morgan fingerprint density at radius 3 is 2.44 bits per heavy atom. The Kier molecular flexibility index (Phi) is 5.25. The molecule has 0 aliphatic carbocycles. The quantitative estimate of drug-likeness (QED) is 0.876. The molecule has 7 heteroatoms. The highest BCUT2D eigenvalue weighted by Gasteiger charge is 2.35. The van der Waals surface area contributed by atoms with Crippen molar-refractivity contribution >= 4 is 40.7 Å². The van der Waals surface area contributed by atoms with Crippen molar-refractivity contribution in [1.29, 1.82) is 0 Å². The first-order chi connectivity index (χ1) is 12.0. The van der Waals surface area contributed by atoms with Crippen LogP contribution in [0.2, 0.25) is 10.0 Å². The van der Waals surface area contributed by atoms with E-state index in [2.05, 4.69) is 5.32 Å². The highest BCUT2D eigenvalue weighted by molar-refractivity contribution is 6.36. The molecule has 0 saturated carbocycles. The summed E-state index contributed by atoms with van der Waals surface area (Å²) in [5, 5.41) is 3.73. The summed E-state index contributed by atoms with van der Waals surface area (Å²) in [4.78, 5) is 26.0. The highest BCUT2D eigenvalue weighted by atomic mass is 35.5. The third kappa shape index (κ3) is 3.94. The molecule has 1 aliphatic rings. The van der Waals surface area contributed by atoms with Gasteiger partial charge in [0, 0.05) is 40.8 Å². The van der Waals surface area contributed by atoms with Gasteiger partial charge in [-0.3, -0.25) is 9.59 Å². The Hall–Kier alpha value is -2.11. The van der Waals surface area contributed by atoms with Gasteiger partial charge in [-0.15, -0.1) is 0 Å². The SMILES string of the molecule is O=C(NCc1c(Cl)cccc1Cl)C1CC(=O)N(c2ccc(F)cc2)C1. The third-order valence-corrected chi connectivity index (χ3v) is 4.84. The second-order valence-corrected chi connectivity index (χ2v) is 6.61. The molecule has 1 unspecified atom stereocenters. The standard InChI is InChI=1S/C18H15Cl2FN2O2/c19-15-2-1-3-16(20)14(15)9-22-18(25)11-8-17(24)23(10-11)13-6-4-12(21)5-7-13/h1-7,11H,8-10H2,(H,22,25). The van der Waals surface area contributed by atoms with Crippen molar-refractivity contribution in [1.82, 2.24) is 5.32 Å². The molecule has 0 radical (unpaired) electrons. The average Bonchev–Trinajstić information content (AvgIpc) is 2.97. The largest absolute Gasteiger partial charge is 0.352 e. The third-order valence-electron chi connectivity index (χ3n) is 4.14. The minimum absolute atomic E-state index is 0.111. The van der Waals surface area contributed by atoms with Crippen molar-refractivity contribution in [2.75, 3.05) is 11.4 Å². The number of nitrogens with zero attached hydrogens (tertiary/aromatic N) is 1. The van der Waals surface area contributed by atoms with Crippen LogP contribution in [0, 0.1) is 11.7 Å². The second-order valence-electron chi connectivity index (χ2n) is 5.80. The van der Waals surface area contributed by atoms with Crippen molar-refractivity contribution in [2.24, 2.45) is 5.92 Å². The molecule has 1 N–H and O–H groups in total. The minimum Gasteiger partial charge on any atom is -0.352 e. The molecule has 0 bridgehead atoms. The number of nitrogens with one attached hydrogen (secondary N) is 1. The Labute approximate surface area is 154 Å². The number of benzene rings is 2. The number of hydrogen-bond donors (Lipinski definition) is 1. The lowest BCUT2D eigenvalue weighted by atomic mass is 10.1. The monoisotopic (exact) mass is 380 g/mol. The van der Waals surface area contributed by atoms with E-state index < -0.39 is 5.92 Å². The first kappa shape index (κ1) is 17.7. The molecular formula is C18H15Cl2FN2O2. The minimum atomic E-state index is -0.473. The molecule has 1 heterocycles. The van der Waals surface area contributed by atoms with Crippen molar-refractivity contribution < 1.29 is 14.0 Å². The maximum Gasteiger partial charge on any atom is 0.227 e. The van der Waals surface area contributed by atoms with Crippen molar-refractivity contribution in [2.45, 2.75) is 13.0 Å². The second kappa shape index (κ2) is 7.42. The van der Waals surface area contributed by atoms with E-state index in [-0.39, 0.29) is 37.1 Å². The lowest BCUT2D eigenvalue weighted by Crippen LogP contribution is -2.32. The van der Waals surface area contributed by atoms with Gasteiger partial charge in [0.25, 0.3) is 0 Å². The molecule has 0 aromatic heterocycles. The van der Waals surface area contributed by atoms with Crippen molar-refractivity contribution in [3.8, 4) is 0 Å². The fourth-order valence-corrected chi connectivity index (χ4v) is 3.31. The first-order valence-electron chi connectivity index (χ1n) is 7.72. The molecule has 1 aliphatic heterocycles. The summed E-state index contributed by atoms with van der Waals surface area (Å²) in [5.41, 5.74) is 1.22. The Morgan fingerprint density at radius 1 is 1.16 bits per heavy atom. The summed E-state index contributed by atoms with van der Waals surface area (Å²) in [7, 11) is 0. The fourth-order valence-electron chi connectivity index (χ4n) is 2.77. The Bertz CT molecular complexity index is 791. The van der Waals surface area contributed by atoms with Crippen LogP contribution in [0.5, 0.6) is 0 Å². The molecule has 2 aromatic rings. The molecule has 3 rings (SSSR count). The van der Waals surface area contributed by atoms with E-state index in [4.69, 9.17) is 23.2 Å². The van der Waals surface area contributed by atoms with Gasteiger partial charge in [0.2, 0.25) is 11.8 Å². The summed E-state index contributed by atoms with van der Waals surface area (Å²) in [6.45, 7) is 0.450. The summed E-state index contributed by atoms with van der Waals surface area (Å²) in [5.74, 6) is -1.25. The van der Waals surface area contributed by atoms with E-state index in [9.17, 15) is 14.0 Å². The van der Waals surface area contributed by atoms with Gasteiger partial charge in [-0.1, -0.05) is 29.3 Å². The lowest BCUT2D eigenvalue weighted by molar-refractivity contribution is -0.126. The normalized spacial score (nSPS) is 17.0. The van der Waals surface area contributed by atoms with Crippen LogP contribution in [0.4, 0.5) is 10.1 Å². The predicted octanol–water partition coefficient (Wildman–Crippen LogP) is 3.80. The number of hydrogen-bond acceptors (Lipinski definition) is 2. The summed E-state index contributed by atoms with van der Waals surface area (Å²) in [6, 6.07) is 10.7. The van der Waals surface area contributed by atoms with Crippen LogP contribution in [-0.4, -0.2) is 18.4 Å². The van der Waals surface area contributed by atoms with Gasteiger partial charge in [0.1, 0.15) is 5.82 Å². The number of anilines is 1. The van der Waals surface area contributed by atoms with Crippen molar-refractivity contribution in [3.63, 3.8) is 0 Å². The van der Waals surface area contributed by atoms with Gasteiger partial charge in [0.15, 0.2) is 0 Å². The van der Waals surface area contributed by atoms with Gasteiger partial charge in [-0.05, 0) is 36.4 Å². The van der Waals surface area contributed by atoms with Crippen LogP contribution in [-0.2, 0) is 16.1 Å². The zero-order valence-electron chi connectivity index (χ0n) is 13.1. The van der Waals surface area contributed by atoms with Crippen LogP contribution < -0.4 is 10.2 Å². The molecule has 0 spiro atoms. The average molecular weight is 381 g/mol. The Morgan fingerprint density at radius 2 is 1.80 bits per heavy atom. The van der Waals surface area contributed by atoms with E-state index in [1.54, 1.807) is 18.2 Å². The lowest BCUT2D eigenvalue weighted by Gasteiger charge is -2.17. The summed E-state index contributed by atoms with van der Waals surface area (Å²) in [6.07, 6.45) is 0.111. The number of rotatable bonds is 4. The number of carbonyl (C=O) groups excluding carboxylic acids is 2. The molecule has 2 amide bonds. The van der Waals surface area contributed by atoms with E-state index in [1.165, 1.54) is 29.2 Å². The summed E-state index contributed by atoms with van der Waals surface area (Å²) < 4.78 is 13.0. The predicted molar refractivity (Wildman–Crippen MR) is 95.2 cm³/mol. The van der Waals surface area contributed by atoms with Gasteiger partial charge in [-0.2, -0.15) is 0 Å². The van der Waals surface area contributed by atoms with E-state index in [0.717, 1.165) is 0 Å². The molecule has 4 nitrogen and oxygen atoms in total. The van der Waals surface area contributed by atoms with Gasteiger partial charge in [0.05, 0.1) is 5.92 Å². The molecule has 2 aromatic carbocycles. The van der Waals surface area contributed by atoms with E-state index in [0.29, 0.717) is 21.3 Å². The van der Waals surface area contributed by atoms with Crippen molar-refractivity contribution in [3.05, 3.63) is 63.9 Å². The maximum atomic E-state index is 13.0. The van der Waals surface area contributed by atoms with Crippen LogP contribution in [0.15, 0.2) is 42.5 Å². The maximum absolute atomic E-state index is 13.0. The van der Waals surface area contributed by atoms with Crippen LogP contribution in [0.25, 0.3) is 0 Å². The number of amides is 2. The van der Waals surface area contributed by atoms with E-state index in [1.807, 2.05) is 0 Å². The first-order valence-corrected chi connectivity index (χ1v) is 8.48. The van der Waals surface area contributed by atoms with Gasteiger partial charge >= 0.3 is 0 Å². The summed E-state index contributed by atoms with van der Waals surface area (Å²) >= 11 is 12.2. The highest BCUT2D eigenvalue weighted by Crippen LogP contribution is 2.27. The molecule has 1 fully saturated rings. The van der Waals surface area contributed by atoms with Gasteiger partial charge in [-0.25, -0.2) is 4.39 Å². The Balaban J connectivity index is 1.64. The number of halogens is 3.